The Balaban J connectivity index is 1.32. The summed E-state index contributed by atoms with van der Waals surface area (Å²) in [5, 5.41) is 16.7. The molecule has 0 spiro atoms. The number of hydrogen-bond acceptors (Lipinski definition) is 9. The standard InChI is InChI=1S/C24H33N5O5S/c1-13-19(35-23(27-13)26-12-24(2,3)32)21(31)28-15-4-6-16(7-5-15)34-22-17(20(25)30)10-14-11-33-9-8-18(14)29-22/h10,15-16,32H,4-9,11-12H2,1-3H3,(H2,25,30)(H,26,27)(H,28,31). The number of anilines is 1. The van der Waals surface area contributed by atoms with Crippen molar-refractivity contribution in [3.63, 3.8) is 0 Å². The predicted molar refractivity (Wildman–Crippen MR) is 132 cm³/mol. The SMILES string of the molecule is Cc1nc(NCC(C)(C)O)sc1C(=O)NC1CCC(Oc2nc3c(cc2C(N)=O)COCC3)CC1. The normalized spacial score (nSPS) is 20.1. The summed E-state index contributed by atoms with van der Waals surface area (Å²) in [6, 6.07) is 1.76. The first-order valence-corrected chi connectivity index (χ1v) is 12.7. The van der Waals surface area contributed by atoms with Crippen molar-refractivity contribution in [1.29, 1.82) is 0 Å². The number of ether oxygens (including phenoxy) is 2. The Bertz CT molecular complexity index is 1090. The minimum absolute atomic E-state index is 0.0286. The fourth-order valence-corrected chi connectivity index (χ4v) is 5.11. The quantitative estimate of drug-likeness (QED) is 0.429. The number of carbonyl (C=O) groups is 2. The first-order valence-electron chi connectivity index (χ1n) is 11.9. The summed E-state index contributed by atoms with van der Waals surface area (Å²) in [4.78, 5) is 34.4. The number of rotatable bonds is 8. The molecule has 0 atom stereocenters. The Morgan fingerprint density at radius 1 is 1.29 bits per heavy atom. The second-order valence-electron chi connectivity index (χ2n) is 9.78. The van der Waals surface area contributed by atoms with Crippen LogP contribution in [0.3, 0.4) is 0 Å². The maximum absolute atomic E-state index is 12.9. The van der Waals surface area contributed by atoms with Gasteiger partial charge in [-0.15, -0.1) is 0 Å². The summed E-state index contributed by atoms with van der Waals surface area (Å²) in [7, 11) is 0. The molecule has 2 aliphatic rings. The molecule has 0 saturated heterocycles. The lowest BCUT2D eigenvalue weighted by molar-refractivity contribution is 0.0878. The maximum atomic E-state index is 12.9. The Hall–Kier alpha value is -2.76. The van der Waals surface area contributed by atoms with Crippen LogP contribution in [0.5, 0.6) is 5.88 Å². The molecule has 0 radical (unpaired) electrons. The number of nitrogens with zero attached hydrogens (tertiary/aromatic N) is 2. The highest BCUT2D eigenvalue weighted by Crippen LogP contribution is 2.29. The van der Waals surface area contributed by atoms with Crippen molar-refractivity contribution < 1.29 is 24.2 Å². The fourth-order valence-electron chi connectivity index (χ4n) is 4.24. The Labute approximate surface area is 208 Å². The number of aryl methyl sites for hydroxylation is 1. The molecule has 1 saturated carbocycles. The Kier molecular flexibility index (Phi) is 7.58. The van der Waals surface area contributed by atoms with Crippen molar-refractivity contribution in [2.75, 3.05) is 18.5 Å². The zero-order valence-corrected chi connectivity index (χ0v) is 21.2. The van der Waals surface area contributed by atoms with Crippen LogP contribution >= 0.6 is 11.3 Å². The molecule has 0 unspecified atom stereocenters. The maximum Gasteiger partial charge on any atom is 0.263 e. The number of thiazole rings is 1. The summed E-state index contributed by atoms with van der Waals surface area (Å²) < 4.78 is 11.6. The van der Waals surface area contributed by atoms with Gasteiger partial charge < -0.3 is 30.9 Å². The van der Waals surface area contributed by atoms with Gasteiger partial charge in [0.25, 0.3) is 11.8 Å². The molecule has 10 nitrogen and oxygen atoms in total. The average molecular weight is 504 g/mol. The van der Waals surface area contributed by atoms with Crippen molar-refractivity contribution in [3.8, 4) is 5.88 Å². The third-order valence-electron chi connectivity index (χ3n) is 6.13. The van der Waals surface area contributed by atoms with E-state index in [4.69, 9.17) is 15.2 Å². The highest BCUT2D eigenvalue weighted by Gasteiger charge is 2.28. The molecule has 11 heteroatoms. The van der Waals surface area contributed by atoms with Crippen LogP contribution in [0, 0.1) is 6.92 Å². The van der Waals surface area contributed by atoms with E-state index in [9.17, 15) is 14.7 Å². The minimum atomic E-state index is -0.871. The summed E-state index contributed by atoms with van der Waals surface area (Å²) in [6.07, 6.45) is 3.53. The molecule has 5 N–H and O–H groups in total. The van der Waals surface area contributed by atoms with E-state index in [1.54, 1.807) is 26.8 Å². The number of pyridine rings is 1. The number of aliphatic hydroxyl groups is 1. The van der Waals surface area contributed by atoms with E-state index in [1.165, 1.54) is 11.3 Å². The lowest BCUT2D eigenvalue weighted by Gasteiger charge is -2.30. The molecule has 0 bridgehead atoms. The third kappa shape index (κ3) is 6.47. The van der Waals surface area contributed by atoms with E-state index in [-0.39, 0.29) is 29.5 Å². The lowest BCUT2D eigenvalue weighted by Crippen LogP contribution is -2.39. The third-order valence-corrected chi connectivity index (χ3v) is 7.24. The van der Waals surface area contributed by atoms with Gasteiger partial charge in [0.15, 0.2) is 5.13 Å². The van der Waals surface area contributed by atoms with Crippen LogP contribution in [0.1, 0.15) is 76.5 Å². The Morgan fingerprint density at radius 3 is 2.71 bits per heavy atom. The molecule has 1 fully saturated rings. The first kappa shape index (κ1) is 25.3. The highest BCUT2D eigenvalue weighted by molar-refractivity contribution is 7.17. The van der Waals surface area contributed by atoms with Gasteiger partial charge in [-0.3, -0.25) is 9.59 Å². The number of aromatic nitrogens is 2. The summed E-state index contributed by atoms with van der Waals surface area (Å²) in [5.74, 6) is -0.426. The molecular weight excluding hydrogens is 470 g/mol. The zero-order valence-electron chi connectivity index (χ0n) is 20.3. The van der Waals surface area contributed by atoms with Gasteiger partial charge in [0.05, 0.1) is 30.2 Å². The van der Waals surface area contributed by atoms with E-state index >= 15 is 0 Å². The van der Waals surface area contributed by atoms with Gasteiger partial charge in [0.1, 0.15) is 16.5 Å². The number of nitrogens with one attached hydrogen (secondary N) is 2. The Morgan fingerprint density at radius 2 is 2.03 bits per heavy atom. The second kappa shape index (κ2) is 10.5. The number of amides is 2. The number of nitrogens with two attached hydrogens (primary N) is 1. The van der Waals surface area contributed by atoms with Crippen LogP contribution in [-0.2, 0) is 17.8 Å². The van der Waals surface area contributed by atoms with E-state index in [1.807, 2.05) is 0 Å². The van der Waals surface area contributed by atoms with Crippen LogP contribution in [0.25, 0.3) is 0 Å². The number of carbonyl (C=O) groups excluding carboxylic acids is 2. The van der Waals surface area contributed by atoms with Crippen molar-refractivity contribution in [3.05, 3.63) is 33.5 Å². The largest absolute Gasteiger partial charge is 0.474 e. The van der Waals surface area contributed by atoms with Gasteiger partial charge in [0.2, 0.25) is 5.88 Å². The van der Waals surface area contributed by atoms with Gasteiger partial charge in [-0.05, 0) is 52.5 Å². The second-order valence-corrected chi connectivity index (χ2v) is 10.8. The zero-order chi connectivity index (χ0) is 25.2. The fraction of sp³-hybridized carbons (Fsp3) is 0.583. The van der Waals surface area contributed by atoms with Crippen molar-refractivity contribution in [1.82, 2.24) is 15.3 Å². The van der Waals surface area contributed by atoms with Gasteiger partial charge in [-0.2, -0.15) is 0 Å². The first-order chi connectivity index (χ1) is 16.6. The molecule has 2 aromatic heterocycles. The van der Waals surface area contributed by atoms with Crippen LogP contribution in [0.2, 0.25) is 0 Å². The molecule has 1 aliphatic heterocycles. The van der Waals surface area contributed by atoms with Crippen LogP contribution in [0.15, 0.2) is 6.07 Å². The average Bonchev–Trinajstić information content (AvgIpc) is 3.18. The molecule has 1 aliphatic carbocycles. The van der Waals surface area contributed by atoms with Gasteiger partial charge in [-0.25, -0.2) is 9.97 Å². The molecule has 2 aromatic rings. The van der Waals surface area contributed by atoms with E-state index < -0.39 is 11.5 Å². The number of hydrogen-bond donors (Lipinski definition) is 4. The molecule has 35 heavy (non-hydrogen) atoms. The molecule has 190 valence electrons. The summed E-state index contributed by atoms with van der Waals surface area (Å²) in [5.41, 5.74) is 7.39. The minimum Gasteiger partial charge on any atom is -0.474 e. The van der Waals surface area contributed by atoms with Crippen molar-refractivity contribution >= 4 is 28.3 Å². The highest BCUT2D eigenvalue weighted by atomic mass is 32.1. The lowest BCUT2D eigenvalue weighted by atomic mass is 9.93. The summed E-state index contributed by atoms with van der Waals surface area (Å²) in [6.45, 7) is 6.58. The molecule has 0 aromatic carbocycles. The molecule has 4 rings (SSSR count). The van der Waals surface area contributed by atoms with Crippen LogP contribution in [0.4, 0.5) is 5.13 Å². The molecular formula is C24H33N5O5S. The van der Waals surface area contributed by atoms with E-state index in [2.05, 4.69) is 20.6 Å². The van der Waals surface area contributed by atoms with Crippen molar-refractivity contribution in [2.45, 2.75) is 77.2 Å². The smallest absolute Gasteiger partial charge is 0.263 e. The van der Waals surface area contributed by atoms with Gasteiger partial charge in [0, 0.05) is 24.6 Å². The van der Waals surface area contributed by atoms with Crippen LogP contribution in [-0.4, -0.2) is 57.8 Å². The molecule has 2 amide bonds. The summed E-state index contributed by atoms with van der Waals surface area (Å²) >= 11 is 1.28. The van der Waals surface area contributed by atoms with E-state index in [0.717, 1.165) is 36.9 Å². The molecule has 3 heterocycles. The number of primary amides is 1. The van der Waals surface area contributed by atoms with Crippen LogP contribution < -0.4 is 21.1 Å². The van der Waals surface area contributed by atoms with Crippen molar-refractivity contribution in [2.24, 2.45) is 5.73 Å². The van der Waals surface area contributed by atoms with Gasteiger partial charge in [-0.1, -0.05) is 11.3 Å². The van der Waals surface area contributed by atoms with Gasteiger partial charge >= 0.3 is 0 Å². The monoisotopic (exact) mass is 503 g/mol. The topological polar surface area (TPSA) is 149 Å². The van der Waals surface area contributed by atoms with E-state index in [0.29, 0.717) is 41.9 Å². The number of fused-ring (bicyclic) bond motifs is 1. The predicted octanol–water partition coefficient (Wildman–Crippen LogP) is 2.32.